The van der Waals surface area contributed by atoms with Gasteiger partial charge in [0.2, 0.25) is 0 Å². The Morgan fingerprint density at radius 2 is 2.07 bits per heavy atom. The van der Waals surface area contributed by atoms with Crippen LogP contribution < -0.4 is 5.32 Å². The summed E-state index contributed by atoms with van der Waals surface area (Å²) in [5.41, 5.74) is 4.20. The lowest BCUT2D eigenvalue weighted by Crippen LogP contribution is -2.41. The predicted molar refractivity (Wildman–Crippen MR) is 113 cm³/mol. The van der Waals surface area contributed by atoms with Crippen molar-refractivity contribution >= 4 is 26.4 Å². The SMILES string of the molecule is CS(=O)(=O)Cc1cccc(CN2CCC[C@@H](Nc3ccc4[nH]ncc4c3)C2)c1. The lowest BCUT2D eigenvalue weighted by molar-refractivity contribution is 0.208. The number of H-pyrrole nitrogens is 1. The molecule has 1 atom stereocenters. The topological polar surface area (TPSA) is 78.1 Å². The molecule has 0 amide bonds. The molecule has 6 nitrogen and oxygen atoms in total. The molecule has 2 heterocycles. The van der Waals surface area contributed by atoms with Crippen LogP contribution in [0.15, 0.2) is 48.7 Å². The van der Waals surface area contributed by atoms with E-state index < -0.39 is 9.84 Å². The number of piperidine rings is 1. The van der Waals surface area contributed by atoms with Crippen molar-refractivity contribution in [2.45, 2.75) is 31.2 Å². The van der Waals surface area contributed by atoms with E-state index in [0.717, 1.165) is 54.6 Å². The number of sulfone groups is 1. The Labute approximate surface area is 165 Å². The average molecular weight is 399 g/mol. The van der Waals surface area contributed by atoms with E-state index in [2.05, 4.69) is 44.7 Å². The first kappa shape index (κ1) is 19.0. The van der Waals surface area contributed by atoms with Crippen LogP contribution in [0, 0.1) is 0 Å². The molecule has 2 aromatic carbocycles. The van der Waals surface area contributed by atoms with Crippen LogP contribution in [0.5, 0.6) is 0 Å². The van der Waals surface area contributed by atoms with Gasteiger partial charge in [0.1, 0.15) is 0 Å². The van der Waals surface area contributed by atoms with Crippen molar-refractivity contribution in [3.63, 3.8) is 0 Å². The van der Waals surface area contributed by atoms with Crippen LogP contribution in [0.2, 0.25) is 0 Å². The van der Waals surface area contributed by atoms with Crippen molar-refractivity contribution in [3.05, 3.63) is 59.8 Å². The number of rotatable bonds is 6. The quantitative estimate of drug-likeness (QED) is 0.667. The zero-order valence-corrected chi connectivity index (χ0v) is 16.9. The zero-order chi connectivity index (χ0) is 19.6. The van der Waals surface area contributed by atoms with Crippen LogP contribution in [0.25, 0.3) is 10.9 Å². The third-order valence-electron chi connectivity index (χ3n) is 5.14. The lowest BCUT2D eigenvalue weighted by Gasteiger charge is -2.33. The molecule has 2 N–H and O–H groups in total. The maximum absolute atomic E-state index is 11.6. The number of benzene rings is 2. The van der Waals surface area contributed by atoms with E-state index in [0.29, 0.717) is 6.04 Å². The van der Waals surface area contributed by atoms with Crippen molar-refractivity contribution in [2.24, 2.45) is 0 Å². The normalized spacial score (nSPS) is 18.4. The largest absolute Gasteiger partial charge is 0.381 e. The summed E-state index contributed by atoms with van der Waals surface area (Å²) in [5.74, 6) is 0.0987. The van der Waals surface area contributed by atoms with Crippen LogP contribution in [0.3, 0.4) is 0 Å². The van der Waals surface area contributed by atoms with E-state index >= 15 is 0 Å². The minimum atomic E-state index is -3.01. The minimum absolute atomic E-state index is 0.0987. The van der Waals surface area contributed by atoms with Crippen LogP contribution >= 0.6 is 0 Å². The smallest absolute Gasteiger partial charge is 0.151 e. The van der Waals surface area contributed by atoms with E-state index in [-0.39, 0.29) is 5.75 Å². The van der Waals surface area contributed by atoms with Crippen molar-refractivity contribution in [3.8, 4) is 0 Å². The highest BCUT2D eigenvalue weighted by Crippen LogP contribution is 2.21. The van der Waals surface area contributed by atoms with Crippen molar-refractivity contribution in [1.29, 1.82) is 0 Å². The number of hydrogen-bond donors (Lipinski definition) is 2. The second-order valence-electron chi connectivity index (χ2n) is 7.78. The lowest BCUT2D eigenvalue weighted by atomic mass is 10.0. The number of nitrogens with one attached hydrogen (secondary N) is 2. The van der Waals surface area contributed by atoms with E-state index in [1.165, 1.54) is 11.8 Å². The van der Waals surface area contributed by atoms with Gasteiger partial charge >= 0.3 is 0 Å². The molecule has 7 heteroatoms. The van der Waals surface area contributed by atoms with Gasteiger partial charge in [0, 0.05) is 36.5 Å². The molecule has 0 bridgehead atoms. The molecule has 0 saturated carbocycles. The molecule has 4 rings (SSSR count). The fourth-order valence-electron chi connectivity index (χ4n) is 3.96. The van der Waals surface area contributed by atoms with E-state index in [1.807, 2.05) is 24.4 Å². The molecule has 0 spiro atoms. The summed E-state index contributed by atoms with van der Waals surface area (Å²) in [6.45, 7) is 2.88. The molecule has 1 fully saturated rings. The molecular weight excluding hydrogens is 372 g/mol. The number of anilines is 1. The molecule has 1 aliphatic rings. The number of aromatic nitrogens is 2. The first-order valence-corrected chi connectivity index (χ1v) is 11.7. The van der Waals surface area contributed by atoms with Gasteiger partial charge in [0.25, 0.3) is 0 Å². The highest BCUT2D eigenvalue weighted by atomic mass is 32.2. The van der Waals surface area contributed by atoms with Gasteiger partial charge in [-0.1, -0.05) is 24.3 Å². The van der Waals surface area contributed by atoms with Gasteiger partial charge in [-0.25, -0.2) is 8.42 Å². The molecule has 0 unspecified atom stereocenters. The molecular formula is C21H26N4O2S. The maximum atomic E-state index is 11.6. The van der Waals surface area contributed by atoms with Gasteiger partial charge < -0.3 is 5.32 Å². The summed E-state index contributed by atoms with van der Waals surface area (Å²) in [5, 5.41) is 11.8. The third-order valence-corrected chi connectivity index (χ3v) is 6.00. The Morgan fingerprint density at radius 3 is 2.93 bits per heavy atom. The van der Waals surface area contributed by atoms with Crippen LogP contribution in [-0.2, 0) is 22.1 Å². The molecule has 1 saturated heterocycles. The second-order valence-corrected chi connectivity index (χ2v) is 9.92. The number of fused-ring (bicyclic) bond motifs is 1. The number of aromatic amines is 1. The molecule has 0 radical (unpaired) electrons. The maximum Gasteiger partial charge on any atom is 0.151 e. The standard InChI is InChI=1S/C21H26N4O2S/c1-28(26,27)15-17-5-2-4-16(10-17)13-25-9-3-6-20(14-25)23-19-7-8-21-18(11-19)12-22-24-21/h2,4-5,7-8,10-12,20,23H,3,6,9,13-15H2,1H3,(H,22,24)/t20-/m1/s1. The Balaban J connectivity index is 1.39. The number of nitrogens with zero attached hydrogens (tertiary/aromatic N) is 2. The number of likely N-dealkylation sites (tertiary alicyclic amines) is 1. The van der Waals surface area contributed by atoms with Crippen LogP contribution in [0.4, 0.5) is 5.69 Å². The van der Waals surface area contributed by atoms with Gasteiger partial charge in [0.15, 0.2) is 9.84 Å². The first-order valence-electron chi connectivity index (χ1n) is 9.62. The highest BCUT2D eigenvalue weighted by Gasteiger charge is 2.20. The Bertz CT molecular complexity index is 1060. The predicted octanol–water partition coefficient (Wildman–Crippen LogP) is 3.18. The first-order chi connectivity index (χ1) is 13.4. The van der Waals surface area contributed by atoms with Crippen molar-refractivity contribution in [1.82, 2.24) is 15.1 Å². The molecule has 3 aromatic rings. The molecule has 1 aliphatic heterocycles. The van der Waals surface area contributed by atoms with E-state index in [9.17, 15) is 8.42 Å². The third kappa shape index (κ3) is 4.91. The molecule has 0 aliphatic carbocycles. The Morgan fingerprint density at radius 1 is 1.21 bits per heavy atom. The van der Waals surface area contributed by atoms with Crippen LogP contribution in [0.1, 0.15) is 24.0 Å². The summed E-state index contributed by atoms with van der Waals surface area (Å²) in [7, 11) is -3.01. The van der Waals surface area contributed by atoms with Crippen molar-refractivity contribution in [2.75, 3.05) is 24.7 Å². The Hall–Kier alpha value is -2.38. The van der Waals surface area contributed by atoms with Gasteiger partial charge in [-0.15, -0.1) is 0 Å². The fourth-order valence-corrected chi connectivity index (χ4v) is 4.75. The van der Waals surface area contributed by atoms with Crippen LogP contribution in [-0.4, -0.2) is 48.9 Å². The number of hydrogen-bond acceptors (Lipinski definition) is 5. The Kier molecular flexibility index (Phi) is 5.37. The minimum Gasteiger partial charge on any atom is -0.381 e. The molecule has 148 valence electrons. The highest BCUT2D eigenvalue weighted by molar-refractivity contribution is 7.89. The van der Waals surface area contributed by atoms with Gasteiger partial charge in [-0.05, 0) is 48.7 Å². The summed E-state index contributed by atoms with van der Waals surface area (Å²) >= 11 is 0. The van der Waals surface area contributed by atoms with Gasteiger partial charge in [0.05, 0.1) is 17.5 Å². The summed E-state index contributed by atoms with van der Waals surface area (Å²) < 4.78 is 23.1. The molecule has 1 aromatic heterocycles. The zero-order valence-electron chi connectivity index (χ0n) is 16.1. The van der Waals surface area contributed by atoms with Gasteiger partial charge in [-0.2, -0.15) is 5.10 Å². The summed E-state index contributed by atoms with van der Waals surface area (Å²) in [4.78, 5) is 2.44. The summed E-state index contributed by atoms with van der Waals surface area (Å²) in [6.07, 6.45) is 5.42. The fraction of sp³-hybridized carbons (Fsp3) is 0.381. The van der Waals surface area contributed by atoms with Crippen molar-refractivity contribution < 1.29 is 8.42 Å². The summed E-state index contributed by atoms with van der Waals surface area (Å²) in [6, 6.07) is 14.6. The van der Waals surface area contributed by atoms with E-state index in [4.69, 9.17) is 0 Å². The molecule has 28 heavy (non-hydrogen) atoms. The van der Waals surface area contributed by atoms with E-state index in [1.54, 1.807) is 0 Å². The monoisotopic (exact) mass is 398 g/mol. The van der Waals surface area contributed by atoms with Gasteiger partial charge in [-0.3, -0.25) is 10.00 Å². The second kappa shape index (κ2) is 7.93. The average Bonchev–Trinajstić information content (AvgIpc) is 3.09.